The fourth-order valence-electron chi connectivity index (χ4n) is 3.42. The minimum atomic E-state index is -0.848. The number of nitrogens with zero attached hydrogens (tertiary/aromatic N) is 2. The van der Waals surface area contributed by atoms with Crippen molar-refractivity contribution in [1.29, 1.82) is 0 Å². The van der Waals surface area contributed by atoms with Crippen LogP contribution in [0.1, 0.15) is 30.4 Å². The molecule has 0 fully saturated rings. The summed E-state index contributed by atoms with van der Waals surface area (Å²) in [6.45, 7) is 4.15. The fourth-order valence-corrected chi connectivity index (χ4v) is 3.42. The number of oxazole rings is 1. The van der Waals surface area contributed by atoms with Crippen LogP contribution in [0.3, 0.4) is 0 Å². The molecule has 0 bridgehead atoms. The van der Waals surface area contributed by atoms with Gasteiger partial charge in [-0.3, -0.25) is 4.79 Å². The lowest BCUT2D eigenvalue weighted by molar-refractivity contribution is -0.139. The van der Waals surface area contributed by atoms with Crippen LogP contribution in [0, 0.1) is 12.8 Å². The maximum atomic E-state index is 11.2. The Morgan fingerprint density at radius 3 is 2.65 bits per heavy atom. The van der Waals surface area contributed by atoms with Gasteiger partial charge in [0.2, 0.25) is 5.89 Å². The molecule has 2 aromatic carbocycles. The summed E-state index contributed by atoms with van der Waals surface area (Å²) < 4.78 is 11.7. The standard InChI is InChI=1S/C27H26N2O5/c1-18(27(30)31)22-9-6-10-23(15-22)29-33-16-20-11-13-24(14-12-20)32-17-25-19(2)34-26(28-25)21-7-4-3-5-8-21/h3-14,18H,15-17H2,1-2H3,(H,30,31)/b29-23-. The highest BCUT2D eigenvalue weighted by atomic mass is 16.6. The largest absolute Gasteiger partial charge is 0.487 e. The minimum absolute atomic E-state index is 0.300. The number of aryl methyl sites for hydroxylation is 1. The SMILES string of the molecule is Cc1oc(-c2ccccc2)nc1COc1ccc(CO/N=C2/C=CC=C(C(C)C(=O)O)C2)cc1. The van der Waals surface area contributed by atoms with Crippen molar-refractivity contribution >= 4 is 11.7 Å². The van der Waals surface area contributed by atoms with Crippen LogP contribution >= 0.6 is 0 Å². The highest BCUT2D eigenvalue weighted by Gasteiger charge is 2.19. The summed E-state index contributed by atoms with van der Waals surface area (Å²) in [6.07, 6.45) is 5.90. The van der Waals surface area contributed by atoms with Gasteiger partial charge in [0, 0.05) is 12.0 Å². The van der Waals surface area contributed by atoms with E-state index in [0.29, 0.717) is 37.0 Å². The van der Waals surface area contributed by atoms with Crippen molar-refractivity contribution in [1.82, 2.24) is 4.98 Å². The molecule has 7 nitrogen and oxygen atoms in total. The van der Waals surface area contributed by atoms with E-state index in [1.165, 1.54) is 0 Å². The van der Waals surface area contributed by atoms with Gasteiger partial charge in [0.25, 0.3) is 0 Å². The Morgan fingerprint density at radius 1 is 1.15 bits per heavy atom. The number of hydrogen-bond donors (Lipinski definition) is 1. The Morgan fingerprint density at radius 2 is 1.91 bits per heavy atom. The average Bonchev–Trinajstić information content (AvgIpc) is 3.24. The maximum absolute atomic E-state index is 11.2. The van der Waals surface area contributed by atoms with E-state index in [1.54, 1.807) is 13.0 Å². The molecule has 7 heteroatoms. The van der Waals surface area contributed by atoms with Gasteiger partial charge in [-0.15, -0.1) is 0 Å². The molecule has 174 valence electrons. The van der Waals surface area contributed by atoms with Gasteiger partial charge in [0.15, 0.2) is 0 Å². The summed E-state index contributed by atoms with van der Waals surface area (Å²) in [5, 5.41) is 13.3. The van der Waals surface area contributed by atoms with Crippen LogP contribution in [0.15, 0.2) is 88.0 Å². The van der Waals surface area contributed by atoms with E-state index < -0.39 is 11.9 Å². The van der Waals surface area contributed by atoms with Crippen molar-refractivity contribution < 1.29 is 23.9 Å². The molecule has 0 aliphatic heterocycles. The zero-order chi connectivity index (χ0) is 23.9. The van der Waals surface area contributed by atoms with E-state index in [-0.39, 0.29) is 0 Å². The Kier molecular flexibility index (Phi) is 7.22. The molecule has 0 spiro atoms. The Bertz CT molecular complexity index is 1220. The lowest BCUT2D eigenvalue weighted by atomic mass is 9.92. The van der Waals surface area contributed by atoms with E-state index in [1.807, 2.05) is 73.7 Å². The second-order valence-corrected chi connectivity index (χ2v) is 8.01. The molecule has 1 aliphatic carbocycles. The first-order valence-corrected chi connectivity index (χ1v) is 11.0. The zero-order valence-corrected chi connectivity index (χ0v) is 19.1. The molecule has 0 radical (unpaired) electrons. The number of carboxylic acid groups (broad SMARTS) is 1. The van der Waals surface area contributed by atoms with Crippen LogP contribution in [-0.4, -0.2) is 21.8 Å². The predicted molar refractivity (Wildman–Crippen MR) is 128 cm³/mol. The second-order valence-electron chi connectivity index (χ2n) is 8.01. The van der Waals surface area contributed by atoms with E-state index in [0.717, 1.165) is 28.2 Å². The minimum Gasteiger partial charge on any atom is -0.487 e. The quantitative estimate of drug-likeness (QED) is 0.413. The van der Waals surface area contributed by atoms with Gasteiger partial charge < -0.3 is 19.1 Å². The normalized spacial score (nSPS) is 15.1. The fraction of sp³-hybridized carbons (Fsp3) is 0.222. The zero-order valence-electron chi connectivity index (χ0n) is 19.1. The van der Waals surface area contributed by atoms with Gasteiger partial charge in [-0.1, -0.05) is 53.2 Å². The van der Waals surface area contributed by atoms with E-state index >= 15 is 0 Å². The number of oxime groups is 1. The van der Waals surface area contributed by atoms with Crippen molar-refractivity contribution in [2.45, 2.75) is 33.5 Å². The number of allylic oxidation sites excluding steroid dienone is 3. The molecular formula is C27H26N2O5. The third kappa shape index (κ3) is 5.81. The first-order chi connectivity index (χ1) is 16.5. The van der Waals surface area contributed by atoms with Crippen LogP contribution in [0.5, 0.6) is 5.75 Å². The molecular weight excluding hydrogens is 432 g/mol. The number of rotatable bonds is 9. The van der Waals surface area contributed by atoms with Crippen molar-refractivity contribution in [2.24, 2.45) is 11.1 Å². The van der Waals surface area contributed by atoms with Gasteiger partial charge in [-0.05, 0) is 49.8 Å². The molecule has 1 heterocycles. The van der Waals surface area contributed by atoms with Crippen LogP contribution < -0.4 is 4.74 Å². The van der Waals surface area contributed by atoms with Crippen molar-refractivity contribution in [3.63, 3.8) is 0 Å². The number of benzene rings is 2. The first kappa shape index (κ1) is 23.0. The molecule has 0 amide bonds. The van der Waals surface area contributed by atoms with Crippen molar-refractivity contribution in [3.05, 3.63) is 95.4 Å². The summed E-state index contributed by atoms with van der Waals surface area (Å²) in [5.41, 5.74) is 4.13. The monoisotopic (exact) mass is 458 g/mol. The summed E-state index contributed by atoms with van der Waals surface area (Å²) in [6, 6.07) is 17.3. The van der Waals surface area contributed by atoms with Gasteiger partial charge in [-0.25, -0.2) is 4.98 Å². The van der Waals surface area contributed by atoms with E-state index in [2.05, 4.69) is 10.1 Å². The van der Waals surface area contributed by atoms with Gasteiger partial charge >= 0.3 is 5.97 Å². The van der Waals surface area contributed by atoms with E-state index in [9.17, 15) is 9.90 Å². The van der Waals surface area contributed by atoms with Crippen LogP contribution in [0.2, 0.25) is 0 Å². The smallest absolute Gasteiger partial charge is 0.310 e. The molecule has 34 heavy (non-hydrogen) atoms. The van der Waals surface area contributed by atoms with Gasteiger partial charge in [0.1, 0.15) is 30.4 Å². The molecule has 1 N–H and O–H groups in total. The topological polar surface area (TPSA) is 94.2 Å². The number of aliphatic carboxylic acids is 1. The molecule has 3 aromatic rings. The molecule has 0 saturated heterocycles. The highest BCUT2D eigenvalue weighted by Crippen LogP contribution is 2.23. The molecule has 1 aliphatic rings. The first-order valence-electron chi connectivity index (χ1n) is 11.0. The van der Waals surface area contributed by atoms with Crippen LogP contribution in [-0.2, 0) is 22.8 Å². The molecule has 1 unspecified atom stereocenters. The maximum Gasteiger partial charge on any atom is 0.310 e. The number of aromatic nitrogens is 1. The third-order valence-corrected chi connectivity index (χ3v) is 5.54. The van der Waals surface area contributed by atoms with Crippen LogP contribution in [0.25, 0.3) is 11.5 Å². The molecule has 4 rings (SSSR count). The number of hydrogen-bond acceptors (Lipinski definition) is 6. The Labute approximate surface area is 198 Å². The van der Waals surface area contributed by atoms with Gasteiger partial charge in [-0.2, -0.15) is 0 Å². The van der Waals surface area contributed by atoms with Crippen LogP contribution in [0.4, 0.5) is 0 Å². The van der Waals surface area contributed by atoms with Crippen molar-refractivity contribution in [2.75, 3.05) is 0 Å². The average molecular weight is 459 g/mol. The number of ether oxygens (including phenoxy) is 1. The lowest BCUT2D eigenvalue weighted by Crippen LogP contribution is -2.16. The predicted octanol–water partition coefficient (Wildman–Crippen LogP) is 5.71. The Hall–Kier alpha value is -4.13. The number of carbonyl (C=O) groups is 1. The third-order valence-electron chi connectivity index (χ3n) is 5.54. The molecule has 1 aromatic heterocycles. The summed E-state index contributed by atoms with van der Waals surface area (Å²) >= 11 is 0. The lowest BCUT2D eigenvalue weighted by Gasteiger charge is -2.14. The van der Waals surface area contributed by atoms with Crippen molar-refractivity contribution in [3.8, 4) is 17.2 Å². The highest BCUT2D eigenvalue weighted by molar-refractivity contribution is 5.98. The number of carboxylic acids is 1. The molecule has 1 atom stereocenters. The summed E-state index contributed by atoms with van der Waals surface area (Å²) in [7, 11) is 0. The van der Waals surface area contributed by atoms with Gasteiger partial charge in [0.05, 0.1) is 11.6 Å². The second kappa shape index (κ2) is 10.7. The van der Waals surface area contributed by atoms with E-state index in [4.69, 9.17) is 14.0 Å². The summed E-state index contributed by atoms with van der Waals surface area (Å²) in [5.74, 6) is 0.633. The summed E-state index contributed by atoms with van der Waals surface area (Å²) in [4.78, 5) is 21.2. The molecule has 0 saturated carbocycles. The Balaban J connectivity index is 1.28.